The molecule has 0 spiro atoms. The SMILES string of the molecule is NCC1CN(c2ncc(I)cn2)C1. The van der Waals surface area contributed by atoms with Gasteiger partial charge in [-0.15, -0.1) is 0 Å². The molecule has 1 aliphatic rings. The van der Waals surface area contributed by atoms with Crippen LogP contribution in [0.5, 0.6) is 0 Å². The molecule has 0 saturated carbocycles. The molecule has 1 fully saturated rings. The molecule has 2 heterocycles. The summed E-state index contributed by atoms with van der Waals surface area (Å²) in [5.74, 6) is 1.45. The zero-order valence-electron chi connectivity index (χ0n) is 7.15. The molecule has 2 rings (SSSR count). The molecule has 70 valence electrons. The van der Waals surface area contributed by atoms with E-state index < -0.39 is 0 Å². The summed E-state index contributed by atoms with van der Waals surface area (Å²) < 4.78 is 1.07. The van der Waals surface area contributed by atoms with Crippen LogP contribution in [0.1, 0.15) is 0 Å². The largest absolute Gasteiger partial charge is 0.340 e. The third-order valence-corrected chi connectivity index (χ3v) is 2.74. The first-order valence-corrected chi connectivity index (χ1v) is 5.30. The van der Waals surface area contributed by atoms with Crippen LogP contribution in [0.15, 0.2) is 12.4 Å². The molecule has 0 radical (unpaired) electrons. The first-order chi connectivity index (χ1) is 6.29. The standard InChI is InChI=1S/C8H11IN4/c9-7-2-11-8(12-3-7)13-4-6(1-10)5-13/h2-3,6H,1,4-5,10H2. The molecule has 1 aromatic rings. The van der Waals surface area contributed by atoms with E-state index in [9.17, 15) is 0 Å². The van der Waals surface area contributed by atoms with E-state index in [1.54, 1.807) is 0 Å². The van der Waals surface area contributed by atoms with Gasteiger partial charge in [0.15, 0.2) is 0 Å². The van der Waals surface area contributed by atoms with Crippen molar-refractivity contribution in [3.63, 3.8) is 0 Å². The van der Waals surface area contributed by atoms with Crippen LogP contribution in [0.25, 0.3) is 0 Å². The van der Waals surface area contributed by atoms with Crippen molar-refractivity contribution in [2.75, 3.05) is 24.5 Å². The van der Waals surface area contributed by atoms with Crippen molar-refractivity contribution in [1.29, 1.82) is 0 Å². The minimum atomic E-state index is 0.628. The molecular weight excluding hydrogens is 279 g/mol. The average molecular weight is 290 g/mol. The fourth-order valence-electron chi connectivity index (χ4n) is 1.35. The van der Waals surface area contributed by atoms with Crippen molar-refractivity contribution in [3.8, 4) is 0 Å². The molecule has 13 heavy (non-hydrogen) atoms. The van der Waals surface area contributed by atoms with Gasteiger partial charge in [-0.1, -0.05) is 0 Å². The molecule has 0 aliphatic carbocycles. The van der Waals surface area contributed by atoms with Crippen LogP contribution in [0.3, 0.4) is 0 Å². The lowest BCUT2D eigenvalue weighted by Gasteiger charge is -2.38. The Bertz CT molecular complexity index is 281. The van der Waals surface area contributed by atoms with Gasteiger partial charge in [-0.25, -0.2) is 9.97 Å². The van der Waals surface area contributed by atoms with Gasteiger partial charge in [0.05, 0.1) is 0 Å². The Hall–Kier alpha value is -0.430. The third-order valence-electron chi connectivity index (χ3n) is 2.18. The lowest BCUT2D eigenvalue weighted by molar-refractivity contribution is 0.413. The summed E-state index contributed by atoms with van der Waals surface area (Å²) >= 11 is 2.20. The van der Waals surface area contributed by atoms with Crippen LogP contribution in [0.2, 0.25) is 0 Å². The molecule has 5 heteroatoms. The minimum Gasteiger partial charge on any atom is -0.340 e. The quantitative estimate of drug-likeness (QED) is 0.805. The number of aromatic nitrogens is 2. The maximum Gasteiger partial charge on any atom is 0.225 e. The van der Waals surface area contributed by atoms with Gasteiger partial charge >= 0.3 is 0 Å². The zero-order valence-corrected chi connectivity index (χ0v) is 9.31. The topological polar surface area (TPSA) is 55.0 Å². The highest BCUT2D eigenvalue weighted by Crippen LogP contribution is 2.19. The van der Waals surface area contributed by atoms with Gasteiger partial charge in [0.25, 0.3) is 0 Å². The predicted molar refractivity (Wildman–Crippen MR) is 59.5 cm³/mol. The summed E-state index contributed by atoms with van der Waals surface area (Å²) in [6.45, 7) is 2.76. The van der Waals surface area contributed by atoms with Crippen LogP contribution < -0.4 is 10.6 Å². The Morgan fingerprint density at radius 3 is 2.62 bits per heavy atom. The van der Waals surface area contributed by atoms with Crippen LogP contribution >= 0.6 is 22.6 Å². The van der Waals surface area contributed by atoms with Crippen molar-refractivity contribution in [1.82, 2.24) is 9.97 Å². The van der Waals surface area contributed by atoms with Crippen LogP contribution in [0.4, 0.5) is 5.95 Å². The molecule has 4 nitrogen and oxygen atoms in total. The predicted octanol–water partition coefficient (Wildman–Crippen LogP) is 0.476. The summed E-state index contributed by atoms with van der Waals surface area (Å²) in [7, 11) is 0. The van der Waals surface area contributed by atoms with Crippen molar-refractivity contribution in [3.05, 3.63) is 16.0 Å². The molecular formula is C8H11IN4. The van der Waals surface area contributed by atoms with Gasteiger partial charge in [-0.05, 0) is 29.1 Å². The number of rotatable bonds is 2. The Labute approximate surface area is 90.7 Å². The summed E-state index contributed by atoms with van der Waals surface area (Å²) in [6.07, 6.45) is 3.66. The van der Waals surface area contributed by atoms with Gasteiger partial charge in [0, 0.05) is 35.0 Å². The highest BCUT2D eigenvalue weighted by molar-refractivity contribution is 14.1. The van der Waals surface area contributed by atoms with Crippen LogP contribution in [0, 0.1) is 9.49 Å². The molecule has 0 atom stereocenters. The molecule has 2 N–H and O–H groups in total. The van der Waals surface area contributed by atoms with E-state index in [4.69, 9.17) is 5.73 Å². The van der Waals surface area contributed by atoms with E-state index in [0.717, 1.165) is 29.2 Å². The molecule has 0 amide bonds. The van der Waals surface area contributed by atoms with Gasteiger partial charge in [-0.2, -0.15) is 0 Å². The van der Waals surface area contributed by atoms with E-state index in [-0.39, 0.29) is 0 Å². The number of anilines is 1. The number of nitrogens with zero attached hydrogens (tertiary/aromatic N) is 3. The first-order valence-electron chi connectivity index (χ1n) is 4.22. The maximum atomic E-state index is 5.53. The maximum absolute atomic E-state index is 5.53. The van der Waals surface area contributed by atoms with Crippen molar-refractivity contribution in [2.24, 2.45) is 11.7 Å². The van der Waals surface area contributed by atoms with E-state index in [0.29, 0.717) is 5.92 Å². The van der Waals surface area contributed by atoms with E-state index in [2.05, 4.69) is 37.5 Å². The Balaban J connectivity index is 1.99. The van der Waals surface area contributed by atoms with Crippen LogP contribution in [-0.2, 0) is 0 Å². The summed E-state index contributed by atoms with van der Waals surface area (Å²) in [6, 6.07) is 0. The lowest BCUT2D eigenvalue weighted by Crippen LogP contribution is -2.50. The average Bonchev–Trinajstić information content (AvgIpc) is 2.06. The third kappa shape index (κ3) is 1.91. The molecule has 0 unspecified atom stereocenters. The number of halogens is 1. The highest BCUT2D eigenvalue weighted by atomic mass is 127. The molecule has 1 aliphatic heterocycles. The Kier molecular flexibility index (Phi) is 2.63. The smallest absolute Gasteiger partial charge is 0.225 e. The number of hydrogen-bond donors (Lipinski definition) is 1. The zero-order chi connectivity index (χ0) is 9.26. The van der Waals surface area contributed by atoms with Gasteiger partial charge in [-0.3, -0.25) is 0 Å². The monoisotopic (exact) mass is 290 g/mol. The second kappa shape index (κ2) is 3.75. The van der Waals surface area contributed by atoms with Crippen molar-refractivity contribution >= 4 is 28.5 Å². The molecule has 0 bridgehead atoms. The fourth-order valence-corrected chi connectivity index (χ4v) is 1.63. The van der Waals surface area contributed by atoms with Crippen molar-refractivity contribution < 1.29 is 0 Å². The van der Waals surface area contributed by atoms with Gasteiger partial charge in [0.1, 0.15) is 0 Å². The highest BCUT2D eigenvalue weighted by Gasteiger charge is 2.26. The molecule has 1 aromatic heterocycles. The minimum absolute atomic E-state index is 0.628. The summed E-state index contributed by atoms with van der Waals surface area (Å²) in [5, 5.41) is 0. The summed E-state index contributed by atoms with van der Waals surface area (Å²) in [4.78, 5) is 10.6. The second-order valence-electron chi connectivity index (χ2n) is 3.21. The summed E-state index contributed by atoms with van der Waals surface area (Å²) in [5.41, 5.74) is 5.53. The second-order valence-corrected chi connectivity index (χ2v) is 4.45. The van der Waals surface area contributed by atoms with Gasteiger partial charge in [0.2, 0.25) is 5.95 Å². The number of nitrogens with two attached hydrogens (primary N) is 1. The van der Waals surface area contributed by atoms with E-state index >= 15 is 0 Å². The Morgan fingerprint density at radius 1 is 1.46 bits per heavy atom. The van der Waals surface area contributed by atoms with E-state index in [1.165, 1.54) is 0 Å². The normalized spacial score (nSPS) is 17.2. The fraction of sp³-hybridized carbons (Fsp3) is 0.500. The first kappa shape index (κ1) is 9.14. The van der Waals surface area contributed by atoms with Crippen LogP contribution in [-0.4, -0.2) is 29.6 Å². The molecule has 1 saturated heterocycles. The number of hydrogen-bond acceptors (Lipinski definition) is 4. The van der Waals surface area contributed by atoms with Gasteiger partial charge < -0.3 is 10.6 Å². The lowest BCUT2D eigenvalue weighted by atomic mass is 10.0. The Morgan fingerprint density at radius 2 is 2.08 bits per heavy atom. The van der Waals surface area contributed by atoms with E-state index in [1.807, 2.05) is 12.4 Å². The molecule has 0 aromatic carbocycles. The van der Waals surface area contributed by atoms with Crippen molar-refractivity contribution in [2.45, 2.75) is 0 Å².